The minimum Gasteiger partial charge on any atom is -0.496 e. The molecular formula is C18H21NO. The second-order valence-corrected chi connectivity index (χ2v) is 5.61. The van der Waals surface area contributed by atoms with E-state index < -0.39 is 0 Å². The van der Waals surface area contributed by atoms with Crippen molar-refractivity contribution in [1.82, 2.24) is 5.32 Å². The molecule has 0 spiro atoms. The number of benzene rings is 2. The van der Waals surface area contributed by atoms with Crippen LogP contribution in [-0.2, 0) is 6.54 Å². The second-order valence-electron chi connectivity index (χ2n) is 5.61. The summed E-state index contributed by atoms with van der Waals surface area (Å²) in [5, 5.41) is 3.48. The zero-order valence-corrected chi connectivity index (χ0v) is 12.4. The first-order valence-corrected chi connectivity index (χ1v) is 7.18. The van der Waals surface area contributed by atoms with Crippen molar-refractivity contribution in [1.29, 1.82) is 0 Å². The van der Waals surface area contributed by atoms with Crippen molar-refractivity contribution in [3.63, 3.8) is 0 Å². The fourth-order valence-electron chi connectivity index (χ4n) is 3.14. The standard InChI is InChI=1S/C18H21NO/c1-12-7-8-17(20-3)16(9-12)15-6-4-5-14-11-19-10-13(2)18(14)15/h4-9,13,19H,10-11H2,1-3H3. The van der Waals surface area contributed by atoms with E-state index in [1.165, 1.54) is 27.8 Å². The van der Waals surface area contributed by atoms with E-state index in [-0.39, 0.29) is 0 Å². The molecule has 2 aromatic carbocycles. The Morgan fingerprint density at radius 2 is 2.00 bits per heavy atom. The zero-order valence-electron chi connectivity index (χ0n) is 12.4. The van der Waals surface area contributed by atoms with Gasteiger partial charge in [0.2, 0.25) is 0 Å². The SMILES string of the molecule is COc1ccc(C)cc1-c1cccc2c1C(C)CNC2. The third-order valence-corrected chi connectivity index (χ3v) is 4.10. The highest BCUT2D eigenvalue weighted by Crippen LogP contribution is 2.38. The number of methoxy groups -OCH3 is 1. The summed E-state index contributed by atoms with van der Waals surface area (Å²) in [6.07, 6.45) is 0. The maximum atomic E-state index is 5.57. The Hall–Kier alpha value is -1.80. The molecule has 1 atom stereocenters. The van der Waals surface area contributed by atoms with Crippen LogP contribution in [0.15, 0.2) is 36.4 Å². The van der Waals surface area contributed by atoms with Gasteiger partial charge in [-0.3, -0.25) is 0 Å². The van der Waals surface area contributed by atoms with Crippen LogP contribution in [0.5, 0.6) is 5.75 Å². The van der Waals surface area contributed by atoms with Crippen molar-refractivity contribution >= 4 is 0 Å². The lowest BCUT2D eigenvalue weighted by Gasteiger charge is -2.27. The van der Waals surface area contributed by atoms with Crippen LogP contribution in [0.25, 0.3) is 11.1 Å². The quantitative estimate of drug-likeness (QED) is 0.891. The Labute approximate surface area is 120 Å². The summed E-state index contributed by atoms with van der Waals surface area (Å²) in [6.45, 7) is 6.42. The van der Waals surface area contributed by atoms with Gasteiger partial charge in [0.15, 0.2) is 0 Å². The molecule has 2 aromatic rings. The number of rotatable bonds is 2. The Kier molecular flexibility index (Phi) is 3.49. The molecule has 1 heterocycles. The molecule has 0 saturated heterocycles. The van der Waals surface area contributed by atoms with Gasteiger partial charge in [-0.2, -0.15) is 0 Å². The maximum Gasteiger partial charge on any atom is 0.126 e. The number of hydrogen-bond donors (Lipinski definition) is 1. The number of aryl methyl sites for hydroxylation is 1. The molecular weight excluding hydrogens is 246 g/mol. The molecule has 0 saturated carbocycles. The summed E-state index contributed by atoms with van der Waals surface area (Å²) >= 11 is 0. The maximum absolute atomic E-state index is 5.57. The highest BCUT2D eigenvalue weighted by Gasteiger charge is 2.21. The van der Waals surface area contributed by atoms with Gasteiger partial charge in [0, 0.05) is 18.7 Å². The van der Waals surface area contributed by atoms with Crippen molar-refractivity contribution in [3.8, 4) is 16.9 Å². The summed E-state index contributed by atoms with van der Waals surface area (Å²) in [5.74, 6) is 1.48. The van der Waals surface area contributed by atoms with Crippen LogP contribution >= 0.6 is 0 Å². The van der Waals surface area contributed by atoms with Gasteiger partial charge < -0.3 is 10.1 Å². The number of nitrogens with one attached hydrogen (secondary N) is 1. The van der Waals surface area contributed by atoms with Gasteiger partial charge in [-0.05, 0) is 41.7 Å². The zero-order chi connectivity index (χ0) is 14.1. The smallest absolute Gasteiger partial charge is 0.126 e. The minimum absolute atomic E-state index is 0.528. The highest BCUT2D eigenvalue weighted by atomic mass is 16.5. The van der Waals surface area contributed by atoms with Gasteiger partial charge in [-0.15, -0.1) is 0 Å². The molecule has 104 valence electrons. The molecule has 3 rings (SSSR count). The van der Waals surface area contributed by atoms with E-state index in [1.807, 2.05) is 0 Å². The molecule has 0 bridgehead atoms. The summed E-state index contributed by atoms with van der Waals surface area (Å²) in [6, 6.07) is 13.0. The van der Waals surface area contributed by atoms with E-state index in [9.17, 15) is 0 Å². The van der Waals surface area contributed by atoms with Crippen molar-refractivity contribution in [2.75, 3.05) is 13.7 Å². The fraction of sp³-hybridized carbons (Fsp3) is 0.333. The van der Waals surface area contributed by atoms with Gasteiger partial charge in [0.25, 0.3) is 0 Å². The molecule has 1 N–H and O–H groups in total. The van der Waals surface area contributed by atoms with E-state index >= 15 is 0 Å². The predicted octanol–water partition coefficient (Wildman–Crippen LogP) is 3.88. The molecule has 2 heteroatoms. The highest BCUT2D eigenvalue weighted by molar-refractivity contribution is 5.76. The summed E-state index contributed by atoms with van der Waals surface area (Å²) < 4.78 is 5.57. The van der Waals surface area contributed by atoms with Crippen LogP contribution in [0.3, 0.4) is 0 Å². The largest absolute Gasteiger partial charge is 0.496 e. The molecule has 1 aliphatic heterocycles. The van der Waals surface area contributed by atoms with Gasteiger partial charge >= 0.3 is 0 Å². The van der Waals surface area contributed by atoms with E-state index in [1.54, 1.807) is 7.11 Å². The third kappa shape index (κ3) is 2.20. The lowest BCUT2D eigenvalue weighted by Crippen LogP contribution is -2.27. The lowest BCUT2D eigenvalue weighted by atomic mass is 9.85. The van der Waals surface area contributed by atoms with Crippen molar-refractivity contribution in [2.24, 2.45) is 0 Å². The van der Waals surface area contributed by atoms with Crippen molar-refractivity contribution < 1.29 is 4.74 Å². The van der Waals surface area contributed by atoms with E-state index in [4.69, 9.17) is 4.74 Å². The molecule has 0 radical (unpaired) electrons. The van der Waals surface area contributed by atoms with E-state index in [2.05, 4.69) is 55.6 Å². The van der Waals surface area contributed by atoms with Crippen LogP contribution in [0, 0.1) is 6.92 Å². The topological polar surface area (TPSA) is 21.3 Å². The van der Waals surface area contributed by atoms with Crippen LogP contribution in [0.4, 0.5) is 0 Å². The van der Waals surface area contributed by atoms with Gasteiger partial charge in [0.1, 0.15) is 5.75 Å². The third-order valence-electron chi connectivity index (χ3n) is 4.10. The van der Waals surface area contributed by atoms with Crippen molar-refractivity contribution in [3.05, 3.63) is 53.1 Å². The average molecular weight is 267 g/mol. The number of hydrogen-bond acceptors (Lipinski definition) is 2. The Morgan fingerprint density at radius 3 is 2.80 bits per heavy atom. The van der Waals surface area contributed by atoms with Gasteiger partial charge in [0.05, 0.1) is 7.11 Å². The average Bonchev–Trinajstić information content (AvgIpc) is 2.47. The van der Waals surface area contributed by atoms with E-state index in [0.717, 1.165) is 18.8 Å². The molecule has 2 nitrogen and oxygen atoms in total. The van der Waals surface area contributed by atoms with Crippen LogP contribution in [-0.4, -0.2) is 13.7 Å². The Balaban J connectivity index is 2.23. The van der Waals surface area contributed by atoms with Crippen LogP contribution in [0.2, 0.25) is 0 Å². The number of fused-ring (bicyclic) bond motifs is 1. The summed E-state index contributed by atoms with van der Waals surface area (Å²) in [4.78, 5) is 0. The second kappa shape index (κ2) is 5.29. The van der Waals surface area contributed by atoms with Crippen LogP contribution in [0.1, 0.15) is 29.5 Å². The van der Waals surface area contributed by atoms with E-state index in [0.29, 0.717) is 5.92 Å². The normalized spacial score (nSPS) is 17.6. The molecule has 0 fully saturated rings. The summed E-state index contributed by atoms with van der Waals surface area (Å²) in [7, 11) is 1.74. The van der Waals surface area contributed by atoms with Crippen LogP contribution < -0.4 is 10.1 Å². The number of ether oxygens (including phenoxy) is 1. The first kappa shape index (κ1) is 13.2. The van der Waals surface area contributed by atoms with Crippen molar-refractivity contribution in [2.45, 2.75) is 26.3 Å². The molecule has 1 unspecified atom stereocenters. The fourth-order valence-corrected chi connectivity index (χ4v) is 3.14. The molecule has 20 heavy (non-hydrogen) atoms. The predicted molar refractivity (Wildman–Crippen MR) is 83.3 cm³/mol. The molecule has 0 amide bonds. The monoisotopic (exact) mass is 267 g/mol. The van der Waals surface area contributed by atoms with Gasteiger partial charge in [-0.1, -0.05) is 36.8 Å². The molecule has 0 aliphatic carbocycles. The molecule has 1 aliphatic rings. The first-order chi connectivity index (χ1) is 9.70. The Morgan fingerprint density at radius 1 is 1.15 bits per heavy atom. The Bertz CT molecular complexity index is 633. The lowest BCUT2D eigenvalue weighted by molar-refractivity contribution is 0.416. The van der Waals surface area contributed by atoms with Gasteiger partial charge in [-0.25, -0.2) is 0 Å². The first-order valence-electron chi connectivity index (χ1n) is 7.18. The summed E-state index contributed by atoms with van der Waals surface area (Å²) in [5.41, 5.74) is 6.66. The molecule has 0 aromatic heterocycles. The minimum atomic E-state index is 0.528.